The van der Waals surface area contributed by atoms with Gasteiger partial charge in [-0.2, -0.15) is 0 Å². The summed E-state index contributed by atoms with van der Waals surface area (Å²) in [6.45, 7) is 8.72. The highest BCUT2D eigenvalue weighted by molar-refractivity contribution is 5.93. The minimum absolute atomic E-state index is 0.0504. The van der Waals surface area contributed by atoms with Crippen LogP contribution in [0.1, 0.15) is 108 Å². The van der Waals surface area contributed by atoms with Crippen LogP contribution >= 0.6 is 0 Å². The van der Waals surface area contributed by atoms with Crippen molar-refractivity contribution in [3.05, 3.63) is 144 Å². The van der Waals surface area contributed by atoms with E-state index in [0.29, 0.717) is 26.1 Å². The van der Waals surface area contributed by atoms with Crippen molar-refractivity contribution in [1.82, 2.24) is 10.6 Å². The molecule has 8 atom stereocenters. The number of hydrogen-bond acceptors (Lipinski definition) is 9. The molecule has 0 radical (unpaired) electrons. The summed E-state index contributed by atoms with van der Waals surface area (Å²) in [4.78, 5) is 52.4. The van der Waals surface area contributed by atoms with E-state index in [2.05, 4.69) is 48.7 Å². The van der Waals surface area contributed by atoms with E-state index >= 15 is 0 Å². The molecule has 344 valence electrons. The quantitative estimate of drug-likeness (QED) is 0.0466. The number of rotatable bonds is 26. The third-order valence-electron chi connectivity index (χ3n) is 11.9. The number of carbonyl (C=O) groups excluding carboxylic acids is 4. The van der Waals surface area contributed by atoms with E-state index < -0.39 is 36.0 Å². The summed E-state index contributed by atoms with van der Waals surface area (Å²) < 4.78 is 31.0. The van der Waals surface area contributed by atoms with Crippen molar-refractivity contribution in [2.24, 2.45) is 11.8 Å². The maximum atomic E-state index is 13.6. The lowest BCUT2D eigenvalue weighted by Crippen LogP contribution is -2.55. The molecule has 11 nitrogen and oxygen atoms in total. The van der Waals surface area contributed by atoms with Crippen LogP contribution in [0.15, 0.2) is 121 Å². The van der Waals surface area contributed by atoms with Crippen molar-refractivity contribution in [2.75, 3.05) is 0 Å². The number of unbranched alkanes of at least 4 members (excludes halogenated alkanes) is 4. The van der Waals surface area contributed by atoms with Gasteiger partial charge in [0.1, 0.15) is 25.4 Å². The van der Waals surface area contributed by atoms with E-state index in [-0.39, 0.29) is 55.8 Å². The van der Waals surface area contributed by atoms with Crippen LogP contribution in [0.25, 0.3) is 0 Å². The highest BCUT2D eigenvalue weighted by Gasteiger charge is 2.44. The SMILES string of the molecule is CC[C@H]1O[C@@H](CCCCCCC[C@H](NC(=O)OCc2ccccc2)C(=O)N[C@@H](C)C(=O)C[C@@H](C)C(=O)OCc2ccccc2)[C@H](OCc2ccccc2)[C@@H](OCc2ccccc2)[C@H]1C. The van der Waals surface area contributed by atoms with E-state index in [9.17, 15) is 19.2 Å². The Labute approximate surface area is 379 Å². The third kappa shape index (κ3) is 16.6. The molecule has 1 saturated heterocycles. The average molecular weight is 877 g/mol. The topological polar surface area (TPSA) is 138 Å². The Bertz CT molecular complexity index is 1970. The summed E-state index contributed by atoms with van der Waals surface area (Å²) >= 11 is 0. The Morgan fingerprint density at radius 2 is 1.08 bits per heavy atom. The molecule has 0 bridgehead atoms. The molecule has 1 aliphatic rings. The minimum atomic E-state index is -0.925. The van der Waals surface area contributed by atoms with Crippen LogP contribution in [-0.4, -0.2) is 60.3 Å². The molecule has 11 heteroatoms. The number of carbonyl (C=O) groups is 4. The highest BCUT2D eigenvalue weighted by atomic mass is 16.6. The summed E-state index contributed by atoms with van der Waals surface area (Å²) in [5, 5.41) is 5.50. The summed E-state index contributed by atoms with van der Waals surface area (Å²) in [6, 6.07) is 37.2. The van der Waals surface area contributed by atoms with E-state index in [1.807, 2.05) is 97.1 Å². The molecule has 0 aromatic heterocycles. The molecular weight excluding hydrogens is 809 g/mol. The predicted molar refractivity (Wildman–Crippen MR) is 247 cm³/mol. The number of ketones is 1. The smallest absolute Gasteiger partial charge is 0.408 e. The normalized spacial score (nSPS) is 19.7. The van der Waals surface area contributed by atoms with Crippen molar-refractivity contribution >= 4 is 23.8 Å². The number of benzene rings is 4. The molecule has 4 aromatic carbocycles. The van der Waals surface area contributed by atoms with Gasteiger partial charge in [-0.3, -0.25) is 14.4 Å². The zero-order chi connectivity index (χ0) is 45.5. The van der Waals surface area contributed by atoms with Crippen molar-refractivity contribution in [2.45, 2.75) is 148 Å². The van der Waals surface area contributed by atoms with Crippen molar-refractivity contribution in [3.63, 3.8) is 0 Å². The van der Waals surface area contributed by atoms with Crippen molar-refractivity contribution in [3.8, 4) is 0 Å². The van der Waals surface area contributed by atoms with E-state index in [0.717, 1.165) is 60.8 Å². The van der Waals surface area contributed by atoms with Gasteiger partial charge in [-0.25, -0.2) is 4.79 Å². The van der Waals surface area contributed by atoms with E-state index in [4.69, 9.17) is 23.7 Å². The summed E-state index contributed by atoms with van der Waals surface area (Å²) in [7, 11) is 0. The number of nitrogens with one attached hydrogen (secondary N) is 2. The lowest BCUT2D eigenvalue weighted by atomic mass is 9.85. The lowest BCUT2D eigenvalue weighted by Gasteiger charge is -2.45. The first-order valence-electron chi connectivity index (χ1n) is 23.1. The zero-order valence-corrected chi connectivity index (χ0v) is 38.0. The second kappa shape index (κ2) is 27.1. The van der Waals surface area contributed by atoms with E-state index in [1.54, 1.807) is 13.8 Å². The van der Waals surface area contributed by atoms with Crippen LogP contribution in [0.5, 0.6) is 0 Å². The van der Waals surface area contributed by atoms with Crippen LogP contribution in [0, 0.1) is 11.8 Å². The molecule has 1 aliphatic heterocycles. The van der Waals surface area contributed by atoms with Gasteiger partial charge in [-0.05, 0) is 48.4 Å². The molecule has 1 heterocycles. The van der Waals surface area contributed by atoms with Gasteiger partial charge < -0.3 is 34.3 Å². The van der Waals surface area contributed by atoms with Crippen LogP contribution in [-0.2, 0) is 64.5 Å². The standard InChI is InChI=1S/C53H68N2O9/c1-5-47-39(3)49(60-34-41-23-13-9-14-24-41)50(61-35-42-25-15-10-16-26-42)48(64-47)32-22-8-6-7-21-31-45(55-53(59)63-37-44-29-19-12-20-30-44)51(57)54-40(4)46(56)33-38(2)52(58)62-36-43-27-17-11-18-28-43/h9-20,23-30,38-40,45,47-50H,5-8,21-22,31-37H2,1-4H3,(H,54,57)(H,55,59)/t38-,39+,40+,45+,47-,48+,49+,50+/m1/s1. The lowest BCUT2D eigenvalue weighted by molar-refractivity contribution is -0.233. The van der Waals surface area contributed by atoms with Gasteiger partial charge in [0, 0.05) is 12.3 Å². The monoisotopic (exact) mass is 876 g/mol. The Balaban J connectivity index is 1.12. The Morgan fingerprint density at radius 3 is 1.62 bits per heavy atom. The third-order valence-corrected chi connectivity index (χ3v) is 11.9. The van der Waals surface area contributed by atoms with Gasteiger partial charge in [-0.1, -0.05) is 174 Å². The fourth-order valence-electron chi connectivity index (χ4n) is 8.06. The van der Waals surface area contributed by atoms with Crippen molar-refractivity contribution in [1.29, 1.82) is 0 Å². The fourth-order valence-corrected chi connectivity index (χ4v) is 8.06. The molecule has 4 aromatic rings. The molecular formula is C53H68N2O9. The Kier molecular flexibility index (Phi) is 21.0. The van der Waals surface area contributed by atoms with Gasteiger partial charge in [0.15, 0.2) is 5.78 Å². The van der Waals surface area contributed by atoms with Gasteiger partial charge in [-0.15, -0.1) is 0 Å². The minimum Gasteiger partial charge on any atom is -0.461 e. The van der Waals surface area contributed by atoms with Crippen LogP contribution in [0.3, 0.4) is 0 Å². The van der Waals surface area contributed by atoms with E-state index in [1.165, 1.54) is 0 Å². The van der Waals surface area contributed by atoms with Crippen LogP contribution in [0.4, 0.5) is 4.79 Å². The fraction of sp³-hybridized carbons (Fsp3) is 0.472. The van der Waals surface area contributed by atoms with Crippen LogP contribution < -0.4 is 10.6 Å². The molecule has 2 N–H and O–H groups in total. The summed E-state index contributed by atoms with van der Waals surface area (Å²) in [5.74, 6) is -1.83. The number of alkyl carbamates (subject to hydrolysis) is 1. The van der Waals surface area contributed by atoms with Gasteiger partial charge in [0.05, 0.1) is 43.5 Å². The first-order chi connectivity index (χ1) is 31.1. The van der Waals surface area contributed by atoms with Gasteiger partial charge in [0.2, 0.25) is 5.91 Å². The molecule has 0 aliphatic carbocycles. The second-order valence-electron chi connectivity index (χ2n) is 17.0. The first-order valence-corrected chi connectivity index (χ1v) is 23.1. The molecule has 0 spiro atoms. The number of amides is 2. The summed E-state index contributed by atoms with van der Waals surface area (Å²) in [5.41, 5.74) is 3.89. The maximum Gasteiger partial charge on any atom is 0.408 e. The maximum absolute atomic E-state index is 13.6. The van der Waals surface area contributed by atoms with Crippen molar-refractivity contribution < 1.29 is 42.9 Å². The number of hydrogen-bond donors (Lipinski definition) is 2. The second-order valence-corrected chi connectivity index (χ2v) is 17.0. The molecule has 2 amide bonds. The largest absolute Gasteiger partial charge is 0.461 e. The highest BCUT2D eigenvalue weighted by Crippen LogP contribution is 2.35. The molecule has 5 rings (SSSR count). The van der Waals surface area contributed by atoms with Gasteiger partial charge in [0.25, 0.3) is 0 Å². The van der Waals surface area contributed by atoms with Gasteiger partial charge >= 0.3 is 12.1 Å². The Morgan fingerprint density at radius 1 is 0.594 bits per heavy atom. The van der Waals surface area contributed by atoms with Crippen LogP contribution in [0.2, 0.25) is 0 Å². The number of ether oxygens (including phenoxy) is 5. The zero-order valence-electron chi connectivity index (χ0n) is 38.0. The molecule has 0 saturated carbocycles. The molecule has 64 heavy (non-hydrogen) atoms. The Hall–Kier alpha value is -5.36. The predicted octanol–water partition coefficient (Wildman–Crippen LogP) is 9.84. The molecule has 1 fully saturated rings. The number of Topliss-reactive ketones (excluding diaryl/α,β-unsaturated/α-hetero) is 1. The first kappa shape index (κ1) is 49.7. The summed E-state index contributed by atoms with van der Waals surface area (Å²) in [6.07, 6.45) is 5.09. The number of esters is 1. The average Bonchev–Trinajstić information content (AvgIpc) is 3.32. The molecule has 0 unspecified atom stereocenters.